The predicted molar refractivity (Wildman–Crippen MR) is 82.0 cm³/mol. The molecule has 0 atom stereocenters. The van der Waals surface area contributed by atoms with E-state index in [1.54, 1.807) is 25.1 Å². The van der Waals surface area contributed by atoms with Gasteiger partial charge < -0.3 is 14.9 Å². The molecule has 6 heteroatoms. The van der Waals surface area contributed by atoms with Crippen LogP contribution in [0.4, 0.5) is 0 Å². The Morgan fingerprint density at radius 1 is 1.09 bits per heavy atom. The normalized spacial score (nSPS) is 10.8. The summed E-state index contributed by atoms with van der Waals surface area (Å²) in [5, 5.41) is 20.1. The van der Waals surface area contributed by atoms with Crippen LogP contribution in [-0.2, 0) is 0 Å². The topological polar surface area (TPSA) is 84.6 Å². The van der Waals surface area contributed by atoms with Crippen molar-refractivity contribution in [2.75, 3.05) is 7.11 Å². The van der Waals surface area contributed by atoms with Crippen LogP contribution in [0.2, 0.25) is 0 Å². The van der Waals surface area contributed by atoms with Crippen LogP contribution in [0.3, 0.4) is 0 Å². The zero-order valence-electron chi connectivity index (χ0n) is 12.1. The van der Waals surface area contributed by atoms with Gasteiger partial charge in [-0.05, 0) is 31.2 Å². The van der Waals surface area contributed by atoms with Crippen LogP contribution < -0.4 is 10.3 Å². The van der Waals surface area contributed by atoms with Gasteiger partial charge >= 0.3 is 0 Å². The molecule has 2 aromatic carbocycles. The maximum atomic E-state index is 12.8. The van der Waals surface area contributed by atoms with E-state index in [1.807, 2.05) is 0 Å². The molecule has 112 valence electrons. The van der Waals surface area contributed by atoms with Gasteiger partial charge in [0.25, 0.3) is 5.56 Å². The van der Waals surface area contributed by atoms with Crippen LogP contribution in [0.25, 0.3) is 16.6 Å². The van der Waals surface area contributed by atoms with Crippen molar-refractivity contribution in [1.29, 1.82) is 0 Å². The molecule has 2 N–H and O–H groups in total. The zero-order valence-corrected chi connectivity index (χ0v) is 12.1. The first-order chi connectivity index (χ1) is 10.5. The maximum Gasteiger partial charge on any atom is 0.266 e. The molecule has 0 saturated carbocycles. The van der Waals surface area contributed by atoms with E-state index in [2.05, 4.69) is 4.98 Å². The van der Waals surface area contributed by atoms with Crippen molar-refractivity contribution in [1.82, 2.24) is 9.55 Å². The number of aryl methyl sites for hydroxylation is 1. The van der Waals surface area contributed by atoms with E-state index in [-0.39, 0.29) is 28.3 Å². The number of para-hydroxylation sites is 2. The number of methoxy groups -OCH3 is 1. The number of hydrogen-bond acceptors (Lipinski definition) is 5. The number of ether oxygens (including phenoxy) is 1. The second-order valence-corrected chi connectivity index (χ2v) is 4.80. The molecule has 0 spiro atoms. The smallest absolute Gasteiger partial charge is 0.266 e. The molecule has 6 nitrogen and oxygen atoms in total. The molecule has 0 saturated heterocycles. The first-order valence-corrected chi connectivity index (χ1v) is 6.62. The average molecular weight is 298 g/mol. The highest BCUT2D eigenvalue weighted by Gasteiger charge is 2.17. The number of nitrogens with zero attached hydrogens (tertiary/aromatic N) is 2. The Labute approximate surface area is 125 Å². The molecule has 0 aliphatic heterocycles. The molecule has 1 heterocycles. The fourth-order valence-corrected chi connectivity index (χ4v) is 2.46. The quantitative estimate of drug-likeness (QED) is 0.757. The Kier molecular flexibility index (Phi) is 3.21. The molecular weight excluding hydrogens is 284 g/mol. The minimum absolute atomic E-state index is 0.0143. The van der Waals surface area contributed by atoms with E-state index >= 15 is 0 Å². The second-order valence-electron chi connectivity index (χ2n) is 4.80. The Hall–Kier alpha value is -3.02. The van der Waals surface area contributed by atoms with Gasteiger partial charge in [0.15, 0.2) is 11.5 Å². The highest BCUT2D eigenvalue weighted by atomic mass is 16.5. The van der Waals surface area contributed by atoms with Crippen LogP contribution in [0.15, 0.2) is 41.2 Å². The van der Waals surface area contributed by atoms with E-state index in [0.29, 0.717) is 16.9 Å². The first kappa shape index (κ1) is 13.9. The third-order valence-corrected chi connectivity index (χ3v) is 3.47. The minimum Gasteiger partial charge on any atom is -0.506 e. The van der Waals surface area contributed by atoms with Crippen LogP contribution in [0.1, 0.15) is 5.82 Å². The fraction of sp³-hybridized carbons (Fsp3) is 0.125. The molecule has 22 heavy (non-hydrogen) atoms. The lowest BCUT2D eigenvalue weighted by Crippen LogP contribution is -2.22. The van der Waals surface area contributed by atoms with Gasteiger partial charge in [0.05, 0.1) is 18.2 Å². The van der Waals surface area contributed by atoms with Crippen LogP contribution in [0.5, 0.6) is 17.2 Å². The highest BCUT2D eigenvalue weighted by molar-refractivity contribution is 5.86. The van der Waals surface area contributed by atoms with Crippen LogP contribution in [0, 0.1) is 6.92 Å². The highest BCUT2D eigenvalue weighted by Crippen LogP contribution is 2.32. The number of aromatic nitrogens is 2. The molecule has 1 aromatic heterocycles. The lowest BCUT2D eigenvalue weighted by atomic mass is 10.2. The zero-order chi connectivity index (χ0) is 15.9. The number of aromatic hydroxyl groups is 2. The monoisotopic (exact) mass is 298 g/mol. The number of fused-ring (bicyclic) bond motifs is 1. The van der Waals surface area contributed by atoms with E-state index in [9.17, 15) is 15.0 Å². The van der Waals surface area contributed by atoms with Gasteiger partial charge in [-0.25, -0.2) is 4.98 Å². The van der Waals surface area contributed by atoms with Crippen LogP contribution >= 0.6 is 0 Å². The third kappa shape index (κ3) is 1.96. The first-order valence-electron chi connectivity index (χ1n) is 6.62. The number of phenols is 2. The van der Waals surface area contributed by atoms with Gasteiger partial charge in [0, 0.05) is 0 Å². The number of hydrogen-bond donors (Lipinski definition) is 2. The second kappa shape index (κ2) is 5.07. The Morgan fingerprint density at radius 2 is 1.82 bits per heavy atom. The number of benzene rings is 2. The van der Waals surface area contributed by atoms with Gasteiger partial charge in [-0.1, -0.05) is 12.1 Å². The molecule has 0 aliphatic carbocycles. The number of rotatable bonds is 2. The molecule has 0 unspecified atom stereocenters. The molecular formula is C16H14N2O4. The van der Waals surface area contributed by atoms with Gasteiger partial charge in [-0.15, -0.1) is 0 Å². The van der Waals surface area contributed by atoms with Crippen LogP contribution in [-0.4, -0.2) is 26.9 Å². The Morgan fingerprint density at radius 3 is 2.50 bits per heavy atom. The standard InChI is InChI=1S/C16H14N2O4/c1-9-17-14-10(7-8-13(20)15(14)22-2)16(21)18(9)11-5-3-4-6-12(11)19/h3-8,19-20H,1-2H3. The summed E-state index contributed by atoms with van der Waals surface area (Å²) in [5.74, 6) is 0.436. The van der Waals surface area contributed by atoms with Gasteiger partial charge in [-0.2, -0.15) is 0 Å². The summed E-state index contributed by atoms with van der Waals surface area (Å²) < 4.78 is 6.46. The third-order valence-electron chi connectivity index (χ3n) is 3.47. The Bertz CT molecular complexity index is 931. The SMILES string of the molecule is COc1c(O)ccc2c(=O)n(-c3ccccc3O)c(C)nc12. The van der Waals surface area contributed by atoms with Gasteiger partial charge in [0.2, 0.25) is 0 Å². The van der Waals surface area contributed by atoms with Crippen molar-refractivity contribution in [3.05, 3.63) is 52.6 Å². The number of phenolic OH excluding ortho intramolecular Hbond substituents is 2. The lowest BCUT2D eigenvalue weighted by molar-refractivity contribution is 0.377. The van der Waals surface area contributed by atoms with Crippen molar-refractivity contribution in [2.24, 2.45) is 0 Å². The summed E-state index contributed by atoms with van der Waals surface area (Å²) >= 11 is 0. The summed E-state index contributed by atoms with van der Waals surface area (Å²) in [6, 6.07) is 9.40. The summed E-state index contributed by atoms with van der Waals surface area (Å²) in [5.41, 5.74) is 0.297. The predicted octanol–water partition coefficient (Wildman–Crippen LogP) is 2.11. The van der Waals surface area contributed by atoms with Crippen molar-refractivity contribution in [3.63, 3.8) is 0 Å². The van der Waals surface area contributed by atoms with Crippen molar-refractivity contribution in [3.8, 4) is 22.9 Å². The molecule has 3 aromatic rings. The van der Waals surface area contributed by atoms with E-state index in [4.69, 9.17) is 4.74 Å². The van der Waals surface area contributed by atoms with E-state index in [1.165, 1.54) is 29.9 Å². The van der Waals surface area contributed by atoms with Crippen molar-refractivity contribution >= 4 is 10.9 Å². The van der Waals surface area contributed by atoms with E-state index in [0.717, 1.165) is 0 Å². The molecule has 0 radical (unpaired) electrons. The fourth-order valence-electron chi connectivity index (χ4n) is 2.46. The molecule has 0 fully saturated rings. The molecule has 0 aliphatic rings. The van der Waals surface area contributed by atoms with Gasteiger partial charge in [0.1, 0.15) is 17.1 Å². The minimum atomic E-state index is -0.345. The molecule has 0 amide bonds. The van der Waals surface area contributed by atoms with Crippen molar-refractivity contribution < 1.29 is 14.9 Å². The summed E-state index contributed by atoms with van der Waals surface area (Å²) in [4.78, 5) is 17.1. The summed E-state index contributed by atoms with van der Waals surface area (Å²) in [6.45, 7) is 1.65. The molecule has 0 bridgehead atoms. The van der Waals surface area contributed by atoms with E-state index < -0.39 is 0 Å². The summed E-state index contributed by atoms with van der Waals surface area (Å²) in [6.07, 6.45) is 0. The molecule has 3 rings (SSSR count). The Balaban J connectivity index is 2.43. The largest absolute Gasteiger partial charge is 0.506 e. The average Bonchev–Trinajstić information content (AvgIpc) is 2.49. The van der Waals surface area contributed by atoms with Gasteiger partial charge in [-0.3, -0.25) is 9.36 Å². The maximum absolute atomic E-state index is 12.8. The lowest BCUT2D eigenvalue weighted by Gasteiger charge is -2.13. The van der Waals surface area contributed by atoms with Crippen molar-refractivity contribution in [2.45, 2.75) is 6.92 Å². The summed E-state index contributed by atoms with van der Waals surface area (Å²) in [7, 11) is 1.40.